The Kier molecular flexibility index (Phi) is 3.69. The summed E-state index contributed by atoms with van der Waals surface area (Å²) in [5.74, 6) is -0.182. The highest BCUT2D eigenvalue weighted by atomic mass is 32.2. The van der Waals surface area contributed by atoms with E-state index in [1.807, 2.05) is 20.1 Å². The van der Waals surface area contributed by atoms with Gasteiger partial charge in [0.1, 0.15) is 0 Å². The number of rotatable bonds is 2. The molecule has 5 heteroatoms. The van der Waals surface area contributed by atoms with Crippen LogP contribution in [0.3, 0.4) is 0 Å². The summed E-state index contributed by atoms with van der Waals surface area (Å²) < 4.78 is 1.66. The maximum atomic E-state index is 11.5. The largest absolute Gasteiger partial charge is 0.323 e. The molecule has 1 rings (SSSR count). The van der Waals surface area contributed by atoms with Gasteiger partial charge in [0.2, 0.25) is 0 Å². The molecule has 1 aliphatic heterocycles. The fourth-order valence-corrected chi connectivity index (χ4v) is 2.43. The number of hydrogen-bond donors (Lipinski definition) is 0. The van der Waals surface area contributed by atoms with Crippen LogP contribution in [0.4, 0.5) is 0 Å². The molecule has 0 fully saturated rings. The SMILES string of the molecule is CCN1C(=O)CC(=O)[N+](CC)=C1SC. The Balaban J connectivity index is 3.14. The van der Waals surface area contributed by atoms with E-state index >= 15 is 0 Å². The van der Waals surface area contributed by atoms with E-state index in [0.29, 0.717) is 13.1 Å². The Bertz CT molecular complexity index is 299. The quantitative estimate of drug-likeness (QED) is 0.498. The number of carbonyl (C=O) groups excluding carboxylic acids is 2. The third-order valence-corrected chi connectivity index (χ3v) is 2.99. The second kappa shape index (κ2) is 4.59. The van der Waals surface area contributed by atoms with E-state index in [-0.39, 0.29) is 18.2 Å². The molecular weight excluding hydrogens is 200 g/mol. The molecule has 0 saturated heterocycles. The minimum absolute atomic E-state index is 0.00569. The smallest absolute Gasteiger partial charge is 0.246 e. The van der Waals surface area contributed by atoms with Gasteiger partial charge >= 0.3 is 17.0 Å². The molecule has 0 aromatic carbocycles. The molecule has 0 atom stereocenters. The minimum Gasteiger partial charge on any atom is -0.246 e. The molecule has 0 aromatic heterocycles. The van der Waals surface area contributed by atoms with Crippen LogP contribution in [0.1, 0.15) is 20.3 Å². The fraction of sp³-hybridized carbons (Fsp3) is 0.667. The van der Waals surface area contributed by atoms with Crippen LogP contribution in [0.25, 0.3) is 0 Å². The first-order valence-corrected chi connectivity index (χ1v) is 5.89. The third kappa shape index (κ3) is 1.82. The molecule has 78 valence electrons. The van der Waals surface area contributed by atoms with Crippen molar-refractivity contribution in [1.29, 1.82) is 0 Å². The topological polar surface area (TPSA) is 40.4 Å². The summed E-state index contributed by atoms with van der Waals surface area (Å²) in [6.45, 7) is 5.08. The zero-order valence-electron chi connectivity index (χ0n) is 8.74. The highest BCUT2D eigenvalue weighted by molar-refractivity contribution is 8.13. The van der Waals surface area contributed by atoms with E-state index in [1.165, 1.54) is 11.8 Å². The van der Waals surface area contributed by atoms with Crippen molar-refractivity contribution < 1.29 is 14.2 Å². The number of carbonyl (C=O) groups is 2. The lowest BCUT2D eigenvalue weighted by molar-refractivity contribution is -0.449. The molecule has 0 bridgehead atoms. The van der Waals surface area contributed by atoms with Crippen molar-refractivity contribution >= 4 is 28.7 Å². The van der Waals surface area contributed by atoms with Crippen molar-refractivity contribution in [3.8, 4) is 0 Å². The number of nitrogens with zero attached hydrogens (tertiary/aromatic N) is 2. The van der Waals surface area contributed by atoms with E-state index in [9.17, 15) is 9.59 Å². The predicted octanol–water partition coefficient (Wildman–Crippen LogP) is 0.517. The van der Waals surface area contributed by atoms with Gasteiger partial charge in [-0.3, -0.25) is 0 Å². The van der Waals surface area contributed by atoms with E-state index < -0.39 is 0 Å². The van der Waals surface area contributed by atoms with Crippen molar-refractivity contribution in [2.45, 2.75) is 20.3 Å². The lowest BCUT2D eigenvalue weighted by Crippen LogP contribution is -2.48. The standard InChI is InChI=1S/C9H15N2O2S/c1-4-10-7(12)6-8(13)11(5-2)9(10)14-3/h4-6H2,1-3H3/q+1. The molecular formula is C9H15N2O2S+. The van der Waals surface area contributed by atoms with Crippen LogP contribution in [-0.4, -0.2) is 45.8 Å². The molecule has 0 aliphatic carbocycles. The van der Waals surface area contributed by atoms with E-state index in [0.717, 1.165) is 5.17 Å². The van der Waals surface area contributed by atoms with Gasteiger partial charge in [-0.15, -0.1) is 0 Å². The normalized spacial score (nSPS) is 18.1. The molecule has 1 aliphatic rings. The number of amidine groups is 1. The number of amides is 2. The first-order chi connectivity index (χ1) is 6.65. The van der Waals surface area contributed by atoms with Crippen LogP contribution in [0.15, 0.2) is 0 Å². The molecule has 4 nitrogen and oxygen atoms in total. The first kappa shape index (κ1) is 11.2. The Morgan fingerprint density at radius 1 is 1.43 bits per heavy atom. The molecule has 2 amide bonds. The summed E-state index contributed by atoms with van der Waals surface area (Å²) >= 11 is 1.45. The maximum absolute atomic E-state index is 11.5. The minimum atomic E-state index is -0.0912. The van der Waals surface area contributed by atoms with Crippen molar-refractivity contribution in [3.05, 3.63) is 0 Å². The van der Waals surface area contributed by atoms with Crippen molar-refractivity contribution in [3.63, 3.8) is 0 Å². The fourth-order valence-electron chi connectivity index (χ4n) is 1.52. The van der Waals surface area contributed by atoms with Crippen LogP contribution < -0.4 is 0 Å². The summed E-state index contributed by atoms with van der Waals surface area (Å²) in [4.78, 5) is 24.7. The van der Waals surface area contributed by atoms with Crippen molar-refractivity contribution in [1.82, 2.24) is 4.90 Å². The van der Waals surface area contributed by atoms with Crippen molar-refractivity contribution in [2.24, 2.45) is 0 Å². The lowest BCUT2D eigenvalue weighted by Gasteiger charge is -2.20. The molecule has 0 radical (unpaired) electrons. The molecule has 0 N–H and O–H groups in total. The highest BCUT2D eigenvalue weighted by Crippen LogP contribution is 2.13. The summed E-state index contributed by atoms with van der Waals surface area (Å²) in [5.41, 5.74) is 0. The summed E-state index contributed by atoms with van der Waals surface area (Å²) in [7, 11) is 0. The van der Waals surface area contributed by atoms with Crippen LogP contribution in [0.2, 0.25) is 0 Å². The van der Waals surface area contributed by atoms with Gasteiger partial charge in [0.15, 0.2) is 6.42 Å². The number of thioether (sulfide) groups is 1. The van der Waals surface area contributed by atoms with Crippen LogP contribution in [-0.2, 0) is 9.59 Å². The van der Waals surface area contributed by atoms with Crippen LogP contribution >= 0.6 is 11.8 Å². The van der Waals surface area contributed by atoms with Gasteiger partial charge in [-0.2, -0.15) is 9.48 Å². The summed E-state index contributed by atoms with van der Waals surface area (Å²) in [6, 6.07) is 0. The van der Waals surface area contributed by atoms with Gasteiger partial charge in [-0.25, -0.2) is 9.59 Å². The molecule has 0 aromatic rings. The van der Waals surface area contributed by atoms with Gasteiger partial charge in [0, 0.05) is 0 Å². The average molecular weight is 215 g/mol. The van der Waals surface area contributed by atoms with Gasteiger partial charge in [0.05, 0.1) is 13.1 Å². The number of hydrogen-bond acceptors (Lipinski definition) is 3. The predicted molar refractivity (Wildman–Crippen MR) is 56.3 cm³/mol. The zero-order valence-corrected chi connectivity index (χ0v) is 9.56. The average Bonchev–Trinajstić information content (AvgIpc) is 2.16. The maximum Gasteiger partial charge on any atom is 0.323 e. The second-order valence-corrected chi connectivity index (χ2v) is 3.71. The molecule has 1 heterocycles. The highest BCUT2D eigenvalue weighted by Gasteiger charge is 2.37. The van der Waals surface area contributed by atoms with Crippen LogP contribution in [0, 0.1) is 0 Å². The first-order valence-electron chi connectivity index (χ1n) is 4.67. The Morgan fingerprint density at radius 3 is 2.50 bits per heavy atom. The van der Waals surface area contributed by atoms with Gasteiger partial charge in [-0.1, -0.05) is 0 Å². The van der Waals surface area contributed by atoms with Crippen LogP contribution in [0.5, 0.6) is 0 Å². The monoisotopic (exact) mass is 215 g/mol. The Labute approximate surface area is 88.0 Å². The lowest BCUT2D eigenvalue weighted by atomic mass is 10.3. The molecule has 0 spiro atoms. The van der Waals surface area contributed by atoms with E-state index in [2.05, 4.69) is 0 Å². The summed E-state index contributed by atoms with van der Waals surface area (Å²) in [5, 5.41) is 0.760. The summed E-state index contributed by atoms with van der Waals surface area (Å²) in [6.07, 6.45) is 1.89. The van der Waals surface area contributed by atoms with Crippen molar-refractivity contribution in [2.75, 3.05) is 19.3 Å². The molecule has 0 unspecified atom stereocenters. The third-order valence-electron chi connectivity index (χ3n) is 2.18. The molecule has 14 heavy (non-hydrogen) atoms. The molecule has 0 saturated carbocycles. The Hall–Kier alpha value is -0.840. The zero-order chi connectivity index (χ0) is 10.7. The second-order valence-electron chi connectivity index (χ2n) is 2.94. The van der Waals surface area contributed by atoms with E-state index in [1.54, 1.807) is 9.48 Å². The van der Waals surface area contributed by atoms with Gasteiger partial charge in [-0.05, 0) is 31.9 Å². The van der Waals surface area contributed by atoms with Gasteiger partial charge in [0.25, 0.3) is 0 Å². The Morgan fingerprint density at radius 2 is 2.07 bits per heavy atom. The van der Waals surface area contributed by atoms with Gasteiger partial charge < -0.3 is 0 Å². The van der Waals surface area contributed by atoms with E-state index in [4.69, 9.17) is 0 Å².